The molecule has 0 bridgehead atoms. The highest BCUT2D eigenvalue weighted by Crippen LogP contribution is 2.29. The minimum absolute atomic E-state index is 0.0351. The summed E-state index contributed by atoms with van der Waals surface area (Å²) in [5.41, 5.74) is 1.83. The van der Waals surface area contributed by atoms with E-state index in [0.29, 0.717) is 15.5 Å². The van der Waals surface area contributed by atoms with Gasteiger partial charge in [-0.2, -0.15) is 0 Å². The van der Waals surface area contributed by atoms with Gasteiger partial charge in [-0.15, -0.1) is 11.3 Å². The third-order valence-corrected chi connectivity index (χ3v) is 7.31. The van der Waals surface area contributed by atoms with Crippen molar-refractivity contribution in [2.75, 3.05) is 0 Å². The molecule has 7 heteroatoms. The fraction of sp³-hybridized carbons (Fsp3) is 0.0952. The Balaban J connectivity index is 1.92. The van der Waals surface area contributed by atoms with Crippen LogP contribution >= 0.6 is 22.9 Å². The number of aromatic carboxylic acids is 1. The Kier molecular flexibility index (Phi) is 6.03. The van der Waals surface area contributed by atoms with Gasteiger partial charge in [0, 0.05) is 9.90 Å². The highest BCUT2D eigenvalue weighted by atomic mass is 35.5. The number of benzene rings is 2. The molecule has 0 atom stereocenters. The van der Waals surface area contributed by atoms with Gasteiger partial charge in [-0.25, -0.2) is 13.2 Å². The van der Waals surface area contributed by atoms with Crippen LogP contribution in [0.1, 0.15) is 31.2 Å². The normalized spacial score (nSPS) is 11.8. The molecule has 1 aromatic heterocycles. The average Bonchev–Trinajstić information content (AvgIpc) is 3.04. The predicted octanol–water partition coefficient (Wildman–Crippen LogP) is 5.55. The average molecular weight is 433 g/mol. The molecule has 2 aromatic carbocycles. The van der Waals surface area contributed by atoms with Crippen LogP contribution in [-0.4, -0.2) is 19.5 Å². The van der Waals surface area contributed by atoms with E-state index in [9.17, 15) is 18.3 Å². The zero-order chi connectivity index (χ0) is 20.3. The first kappa shape index (κ1) is 20.3. The van der Waals surface area contributed by atoms with E-state index in [1.54, 1.807) is 55.5 Å². The van der Waals surface area contributed by atoms with Crippen LogP contribution < -0.4 is 0 Å². The summed E-state index contributed by atoms with van der Waals surface area (Å²) < 4.78 is 25.6. The lowest BCUT2D eigenvalue weighted by Crippen LogP contribution is -2.08. The van der Waals surface area contributed by atoms with Crippen molar-refractivity contribution in [1.82, 2.24) is 0 Å². The van der Waals surface area contributed by atoms with Gasteiger partial charge in [0.1, 0.15) is 4.88 Å². The van der Waals surface area contributed by atoms with Crippen LogP contribution in [0.3, 0.4) is 0 Å². The molecule has 3 aromatic rings. The van der Waals surface area contributed by atoms with Crippen molar-refractivity contribution in [3.05, 3.63) is 86.1 Å². The van der Waals surface area contributed by atoms with Crippen LogP contribution in [0.2, 0.25) is 5.02 Å². The second-order valence-corrected chi connectivity index (χ2v) is 9.70. The number of halogens is 1. The second-order valence-electron chi connectivity index (χ2n) is 6.22. The molecule has 0 aliphatic rings. The second kappa shape index (κ2) is 8.31. The Hall–Kier alpha value is -2.41. The van der Waals surface area contributed by atoms with E-state index in [-0.39, 0.29) is 21.1 Å². The highest BCUT2D eigenvalue weighted by Gasteiger charge is 2.23. The number of carboxylic acid groups (broad SMARTS) is 1. The van der Waals surface area contributed by atoms with Crippen molar-refractivity contribution in [3.8, 4) is 0 Å². The van der Waals surface area contributed by atoms with Crippen LogP contribution in [0.4, 0.5) is 0 Å². The molecule has 0 unspecified atom stereocenters. The molecule has 1 N–H and O–H groups in total. The number of carbonyl (C=O) groups is 1. The monoisotopic (exact) mass is 432 g/mol. The lowest BCUT2D eigenvalue weighted by molar-refractivity contribution is 0.0701. The highest BCUT2D eigenvalue weighted by molar-refractivity contribution is 7.90. The molecule has 0 radical (unpaired) electrons. The molecule has 0 fully saturated rings. The molecular weight excluding hydrogens is 416 g/mol. The zero-order valence-corrected chi connectivity index (χ0v) is 17.3. The molecule has 0 saturated heterocycles. The molecule has 28 heavy (non-hydrogen) atoms. The van der Waals surface area contributed by atoms with Gasteiger partial charge >= 0.3 is 5.97 Å². The predicted molar refractivity (Wildman–Crippen MR) is 114 cm³/mol. The summed E-state index contributed by atoms with van der Waals surface area (Å²) >= 11 is 6.92. The van der Waals surface area contributed by atoms with Crippen LogP contribution in [0, 0.1) is 6.92 Å². The van der Waals surface area contributed by atoms with Crippen molar-refractivity contribution in [3.63, 3.8) is 0 Å². The fourth-order valence-corrected chi connectivity index (χ4v) is 5.54. The van der Waals surface area contributed by atoms with Crippen molar-refractivity contribution in [2.45, 2.75) is 17.6 Å². The Bertz CT molecular complexity index is 1140. The SMILES string of the molecule is Cc1ccccc1S(=O)(=O)Cc1cc(/C=C/c2ccc(Cl)cc2)sc1C(=O)O. The molecule has 0 aliphatic carbocycles. The number of hydrogen-bond acceptors (Lipinski definition) is 4. The largest absolute Gasteiger partial charge is 0.477 e. The number of carboxylic acids is 1. The van der Waals surface area contributed by atoms with E-state index in [1.807, 2.05) is 18.2 Å². The summed E-state index contributed by atoms with van der Waals surface area (Å²) in [5, 5.41) is 10.1. The molecule has 0 amide bonds. The van der Waals surface area contributed by atoms with Gasteiger partial charge in [-0.05, 0) is 54.0 Å². The van der Waals surface area contributed by atoms with Gasteiger partial charge in [0.25, 0.3) is 0 Å². The van der Waals surface area contributed by atoms with Gasteiger partial charge in [0.15, 0.2) is 9.84 Å². The van der Waals surface area contributed by atoms with Gasteiger partial charge in [0.05, 0.1) is 10.6 Å². The van der Waals surface area contributed by atoms with Crippen LogP contribution in [-0.2, 0) is 15.6 Å². The third kappa shape index (κ3) is 4.70. The van der Waals surface area contributed by atoms with E-state index in [4.69, 9.17) is 11.6 Å². The van der Waals surface area contributed by atoms with E-state index >= 15 is 0 Å². The third-order valence-electron chi connectivity index (χ3n) is 4.11. The van der Waals surface area contributed by atoms with Crippen LogP contribution in [0.25, 0.3) is 12.2 Å². The number of aryl methyl sites for hydroxylation is 1. The Morgan fingerprint density at radius 3 is 2.43 bits per heavy atom. The quantitative estimate of drug-likeness (QED) is 0.554. The topological polar surface area (TPSA) is 71.4 Å². The molecular formula is C21H17ClO4S2. The van der Waals surface area contributed by atoms with Crippen LogP contribution in [0.15, 0.2) is 59.5 Å². The van der Waals surface area contributed by atoms with Gasteiger partial charge < -0.3 is 5.11 Å². The maximum absolute atomic E-state index is 12.8. The van der Waals surface area contributed by atoms with Crippen molar-refractivity contribution < 1.29 is 18.3 Å². The summed E-state index contributed by atoms with van der Waals surface area (Å²) in [6.45, 7) is 1.72. The molecule has 0 aliphatic heterocycles. The van der Waals surface area contributed by atoms with Crippen molar-refractivity contribution in [1.29, 1.82) is 0 Å². The summed E-state index contributed by atoms with van der Waals surface area (Å²) in [6.07, 6.45) is 3.59. The standard InChI is InChI=1S/C21H17ClO4S2/c1-14-4-2-3-5-19(14)28(25,26)13-16-12-18(27-20(16)21(23)24)11-8-15-6-9-17(22)10-7-15/h2-12H,13H2,1H3,(H,23,24)/b11-8+. The van der Waals surface area contributed by atoms with E-state index in [0.717, 1.165) is 16.9 Å². The molecule has 0 spiro atoms. The summed E-state index contributed by atoms with van der Waals surface area (Å²) in [6, 6.07) is 15.5. The first-order chi connectivity index (χ1) is 13.3. The molecule has 4 nitrogen and oxygen atoms in total. The van der Waals surface area contributed by atoms with Crippen LogP contribution in [0.5, 0.6) is 0 Å². The fourth-order valence-electron chi connectivity index (χ4n) is 2.76. The van der Waals surface area contributed by atoms with Gasteiger partial charge in [-0.3, -0.25) is 0 Å². The summed E-state index contributed by atoms with van der Waals surface area (Å²) in [5.74, 6) is -1.49. The molecule has 144 valence electrons. The van der Waals surface area contributed by atoms with Gasteiger partial charge in [0.2, 0.25) is 0 Å². The summed E-state index contributed by atoms with van der Waals surface area (Å²) in [4.78, 5) is 12.5. The minimum Gasteiger partial charge on any atom is -0.477 e. The van der Waals surface area contributed by atoms with E-state index < -0.39 is 15.8 Å². The first-order valence-corrected chi connectivity index (χ1v) is 11.2. The number of thiophene rings is 1. The smallest absolute Gasteiger partial charge is 0.346 e. The van der Waals surface area contributed by atoms with E-state index in [2.05, 4.69) is 0 Å². The van der Waals surface area contributed by atoms with Crippen molar-refractivity contribution in [2.24, 2.45) is 0 Å². The number of rotatable bonds is 6. The number of sulfone groups is 1. The van der Waals surface area contributed by atoms with E-state index in [1.165, 1.54) is 0 Å². The van der Waals surface area contributed by atoms with Crippen molar-refractivity contribution >= 4 is 50.9 Å². The lowest BCUT2D eigenvalue weighted by atomic mass is 10.2. The maximum atomic E-state index is 12.8. The Morgan fingerprint density at radius 2 is 1.79 bits per heavy atom. The Labute approximate surface area is 172 Å². The minimum atomic E-state index is -3.65. The first-order valence-electron chi connectivity index (χ1n) is 8.34. The maximum Gasteiger partial charge on any atom is 0.346 e. The van der Waals surface area contributed by atoms with Gasteiger partial charge in [-0.1, -0.05) is 48.0 Å². The summed E-state index contributed by atoms with van der Waals surface area (Å²) in [7, 11) is -3.65. The molecule has 3 rings (SSSR count). The lowest BCUT2D eigenvalue weighted by Gasteiger charge is -2.07. The zero-order valence-electron chi connectivity index (χ0n) is 14.9. The molecule has 1 heterocycles. The molecule has 0 saturated carbocycles. The number of hydrogen-bond donors (Lipinski definition) is 1. The Morgan fingerprint density at radius 1 is 1.11 bits per heavy atom.